The van der Waals surface area contributed by atoms with Crippen LogP contribution in [0, 0.1) is 0 Å². The largest absolute Gasteiger partial charge is 1.00 e. The predicted octanol–water partition coefficient (Wildman–Crippen LogP) is 1.77. The van der Waals surface area contributed by atoms with Crippen molar-refractivity contribution in [2.24, 2.45) is 0 Å². The summed E-state index contributed by atoms with van der Waals surface area (Å²) in [7, 11) is -5.88. The van der Waals surface area contributed by atoms with Crippen LogP contribution in [-0.4, -0.2) is 30.7 Å². The second kappa shape index (κ2) is 7.38. The van der Waals surface area contributed by atoms with E-state index in [9.17, 15) is 48.1 Å². The maximum absolute atomic E-state index is 14.3. The van der Waals surface area contributed by atoms with Gasteiger partial charge in [-0.15, -0.1) is 0 Å². The van der Waals surface area contributed by atoms with Crippen molar-refractivity contribution in [1.29, 1.82) is 0 Å². The number of fused-ring (bicyclic) bond motifs is 1. The van der Waals surface area contributed by atoms with E-state index >= 15 is 0 Å². The molecule has 28 heavy (non-hydrogen) atoms. The Bertz CT molecular complexity index is 986. The molecule has 0 aliphatic rings. The van der Waals surface area contributed by atoms with Gasteiger partial charge in [-0.25, -0.2) is 8.42 Å². The Kier molecular flexibility index (Phi) is 6.62. The monoisotopic (exact) mass is 444 g/mol. The molecule has 0 saturated heterocycles. The molecule has 13 heteroatoms. The van der Waals surface area contributed by atoms with Gasteiger partial charge in [0.2, 0.25) is 0 Å². The van der Waals surface area contributed by atoms with E-state index in [4.69, 9.17) is 0 Å². The van der Waals surface area contributed by atoms with Crippen LogP contribution in [0.4, 0.5) is 35.1 Å². The van der Waals surface area contributed by atoms with E-state index in [0.29, 0.717) is 6.07 Å². The van der Waals surface area contributed by atoms with E-state index in [-0.39, 0.29) is 41.0 Å². The van der Waals surface area contributed by atoms with Crippen LogP contribution in [0.5, 0.6) is 0 Å². The van der Waals surface area contributed by atoms with Crippen LogP contribution in [0.15, 0.2) is 41.3 Å². The maximum atomic E-state index is 14.3. The van der Waals surface area contributed by atoms with E-state index in [1.165, 1.54) is 6.07 Å². The molecule has 0 heterocycles. The molecule has 3 nitrogen and oxygen atoms in total. The molecule has 0 aromatic heterocycles. The molecule has 0 unspecified atom stereocenters. The molecule has 0 bridgehead atoms. The molecule has 0 spiro atoms. The van der Waals surface area contributed by atoms with Crippen molar-refractivity contribution >= 4 is 20.9 Å². The number of benzene rings is 2. The minimum Gasteiger partial charge on any atom is -0.744 e. The van der Waals surface area contributed by atoms with Crippen molar-refractivity contribution in [3.8, 4) is 0 Å². The van der Waals surface area contributed by atoms with Crippen LogP contribution in [0.3, 0.4) is 0 Å². The smallest absolute Gasteiger partial charge is 0.744 e. The maximum Gasteiger partial charge on any atom is 1.00 e. The quantitative estimate of drug-likeness (QED) is 0.402. The van der Waals surface area contributed by atoms with Gasteiger partial charge in [0.25, 0.3) is 0 Å². The summed E-state index contributed by atoms with van der Waals surface area (Å²) in [6, 6.07) is 5.01. The molecule has 0 aliphatic heterocycles. The molecule has 0 fully saturated rings. The fourth-order valence-electron chi connectivity index (χ4n) is 2.40. The first-order valence-electron chi connectivity index (χ1n) is 6.95. The summed E-state index contributed by atoms with van der Waals surface area (Å²) in [5.74, 6) is -25.0. The van der Waals surface area contributed by atoms with Gasteiger partial charge in [0.1, 0.15) is 10.1 Å². The zero-order valence-electron chi connectivity index (χ0n) is 14.1. The molecule has 0 saturated carbocycles. The Morgan fingerprint density at radius 1 is 0.821 bits per heavy atom. The second-order valence-electron chi connectivity index (χ2n) is 5.73. The SMILES string of the molecule is CC(F)(F)C(F)(F)C(F)(F)C(F)(F)c1ccc2ccccc2c1S(=O)(=O)[O-].[Na+]. The molecule has 2 rings (SSSR count). The summed E-state index contributed by atoms with van der Waals surface area (Å²) < 4.78 is 143. The predicted molar refractivity (Wildman–Crippen MR) is 76.3 cm³/mol. The molecular formula is C15H9F8NaO3S. The third kappa shape index (κ3) is 3.76. The van der Waals surface area contributed by atoms with E-state index in [2.05, 4.69) is 0 Å². The van der Waals surface area contributed by atoms with Crippen molar-refractivity contribution < 1.29 is 77.7 Å². The van der Waals surface area contributed by atoms with Crippen LogP contribution >= 0.6 is 0 Å². The molecule has 0 radical (unpaired) electrons. The number of hydrogen-bond donors (Lipinski definition) is 0. The van der Waals surface area contributed by atoms with E-state index in [1.54, 1.807) is 0 Å². The standard InChI is InChI=1S/C15H10F8O3S.Na/c1-12(16,17)14(20,21)15(22,23)13(18,19)10-7-6-8-4-2-3-5-9(8)11(10)27(24,25)26;/h2-7H,1H3,(H,24,25,26);/q;+1/p-1. The number of alkyl halides is 8. The van der Waals surface area contributed by atoms with Gasteiger partial charge < -0.3 is 4.55 Å². The zero-order valence-corrected chi connectivity index (χ0v) is 16.9. The van der Waals surface area contributed by atoms with Crippen molar-refractivity contribution in [3.63, 3.8) is 0 Å². The third-order valence-corrected chi connectivity index (χ3v) is 4.75. The fraction of sp³-hybridized carbons (Fsp3) is 0.333. The van der Waals surface area contributed by atoms with Crippen LogP contribution < -0.4 is 29.6 Å². The van der Waals surface area contributed by atoms with Gasteiger partial charge >= 0.3 is 53.2 Å². The minimum absolute atomic E-state index is 0. The Morgan fingerprint density at radius 3 is 1.79 bits per heavy atom. The molecule has 0 N–H and O–H groups in total. The number of rotatable bonds is 5. The first-order valence-corrected chi connectivity index (χ1v) is 8.36. The minimum atomic E-state index is -6.72. The molecule has 2 aromatic carbocycles. The van der Waals surface area contributed by atoms with Gasteiger partial charge in [-0.2, -0.15) is 35.1 Å². The van der Waals surface area contributed by atoms with Crippen LogP contribution in [-0.2, 0) is 16.0 Å². The Hall–Kier alpha value is -0.950. The average molecular weight is 444 g/mol. The topological polar surface area (TPSA) is 57.2 Å². The summed E-state index contributed by atoms with van der Waals surface area (Å²) in [5.41, 5.74) is -2.30. The van der Waals surface area contributed by atoms with Crippen molar-refractivity contribution in [1.82, 2.24) is 0 Å². The van der Waals surface area contributed by atoms with Crippen LogP contribution in [0.1, 0.15) is 12.5 Å². The third-order valence-electron chi connectivity index (χ3n) is 3.81. The molecule has 0 aliphatic carbocycles. The van der Waals surface area contributed by atoms with Crippen LogP contribution in [0.2, 0.25) is 0 Å². The Morgan fingerprint density at radius 2 is 1.32 bits per heavy atom. The van der Waals surface area contributed by atoms with Gasteiger partial charge in [-0.1, -0.05) is 36.4 Å². The van der Waals surface area contributed by atoms with Crippen LogP contribution in [0.25, 0.3) is 10.8 Å². The van der Waals surface area contributed by atoms with Crippen molar-refractivity contribution in [3.05, 3.63) is 42.0 Å². The van der Waals surface area contributed by atoms with Gasteiger partial charge in [0.15, 0.2) is 0 Å². The normalized spacial score (nSPS) is 14.1. The van der Waals surface area contributed by atoms with Gasteiger partial charge in [0, 0.05) is 12.5 Å². The van der Waals surface area contributed by atoms with Gasteiger partial charge in [0.05, 0.1) is 4.90 Å². The second-order valence-corrected chi connectivity index (χ2v) is 7.05. The molecule has 2 aromatic rings. The summed E-state index contributed by atoms with van der Waals surface area (Å²) >= 11 is 0. The van der Waals surface area contributed by atoms with Gasteiger partial charge in [-0.3, -0.25) is 0 Å². The molecular weight excluding hydrogens is 435 g/mol. The zero-order chi connectivity index (χ0) is 21.1. The van der Waals surface area contributed by atoms with E-state index in [1.807, 2.05) is 0 Å². The van der Waals surface area contributed by atoms with Crippen molar-refractivity contribution in [2.75, 3.05) is 0 Å². The average Bonchev–Trinajstić information content (AvgIpc) is 2.51. The van der Waals surface area contributed by atoms with Crippen molar-refractivity contribution in [2.45, 2.75) is 35.5 Å². The summed E-state index contributed by atoms with van der Waals surface area (Å²) in [5, 5.41) is -0.894. The molecule has 150 valence electrons. The molecule has 0 atom stereocenters. The Labute approximate surface area is 175 Å². The summed E-state index contributed by atoms with van der Waals surface area (Å²) in [4.78, 5) is -1.89. The van der Waals surface area contributed by atoms with E-state index in [0.717, 1.165) is 18.2 Å². The summed E-state index contributed by atoms with van der Waals surface area (Å²) in [6.07, 6.45) is 0. The van der Waals surface area contributed by atoms with E-state index < -0.39 is 56.6 Å². The Balaban J connectivity index is 0.00000392. The molecule has 0 amide bonds. The number of hydrogen-bond acceptors (Lipinski definition) is 3. The first kappa shape index (κ1) is 25.1. The summed E-state index contributed by atoms with van der Waals surface area (Å²) in [6.45, 7) is -0.692. The van der Waals surface area contributed by atoms with Gasteiger partial charge in [-0.05, 0) is 10.8 Å². The number of halogens is 8. The first-order chi connectivity index (χ1) is 12.0. The fourth-order valence-corrected chi connectivity index (χ4v) is 3.32.